The molecule has 2 aromatic rings. The van der Waals surface area contributed by atoms with Crippen LogP contribution in [0.5, 0.6) is 0 Å². The minimum Gasteiger partial charge on any atom is -0.307 e. The Balaban J connectivity index is 2.43. The van der Waals surface area contributed by atoms with Crippen molar-refractivity contribution >= 4 is 15.9 Å². The molecule has 0 aliphatic rings. The van der Waals surface area contributed by atoms with Gasteiger partial charge in [0, 0.05) is 12.4 Å². The summed E-state index contributed by atoms with van der Waals surface area (Å²) < 4.78 is 2.65. The summed E-state index contributed by atoms with van der Waals surface area (Å²) in [5.41, 5.74) is 0. The lowest BCUT2D eigenvalue weighted by Crippen LogP contribution is -1.94. The van der Waals surface area contributed by atoms with E-state index in [0.717, 1.165) is 10.4 Å². The molecule has 2 heterocycles. The molecule has 2 aromatic heterocycles. The van der Waals surface area contributed by atoms with Crippen molar-refractivity contribution in [1.82, 2.24) is 14.5 Å². The zero-order chi connectivity index (χ0) is 8.39. The van der Waals surface area contributed by atoms with Gasteiger partial charge in [0.2, 0.25) is 0 Å². The van der Waals surface area contributed by atoms with Crippen LogP contribution in [0.25, 0.3) is 5.82 Å². The highest BCUT2D eigenvalue weighted by Gasteiger charge is 1.95. The van der Waals surface area contributed by atoms with Crippen molar-refractivity contribution in [3.63, 3.8) is 0 Å². The predicted octanol–water partition coefficient (Wildman–Crippen LogP) is 2.03. The molecule has 60 valence electrons. The van der Waals surface area contributed by atoms with E-state index < -0.39 is 0 Å². The van der Waals surface area contributed by atoms with Gasteiger partial charge in [-0.15, -0.1) is 0 Å². The van der Waals surface area contributed by atoms with Crippen molar-refractivity contribution in [1.29, 1.82) is 0 Å². The van der Waals surface area contributed by atoms with Crippen LogP contribution in [0.3, 0.4) is 0 Å². The van der Waals surface area contributed by atoms with Gasteiger partial charge in [-0.1, -0.05) is 0 Å². The molecule has 0 saturated carbocycles. The monoisotopic (exact) mass is 223 g/mol. The molecular weight excluding hydrogens is 218 g/mol. The fraction of sp³-hybridized carbons (Fsp3) is 0. The summed E-state index contributed by atoms with van der Waals surface area (Å²) in [6.45, 7) is 0. The van der Waals surface area contributed by atoms with Gasteiger partial charge in [-0.3, -0.25) is 0 Å². The van der Waals surface area contributed by atoms with Crippen LogP contribution in [-0.2, 0) is 0 Å². The molecule has 0 aliphatic heterocycles. The Morgan fingerprint density at radius 1 is 1.08 bits per heavy atom. The lowest BCUT2D eigenvalue weighted by atomic mass is 10.6. The number of aromatic nitrogens is 3. The van der Waals surface area contributed by atoms with Gasteiger partial charge in [0.05, 0.1) is 12.4 Å². The van der Waals surface area contributed by atoms with E-state index in [9.17, 15) is 0 Å². The van der Waals surface area contributed by atoms with Crippen LogP contribution in [0.4, 0.5) is 0 Å². The van der Waals surface area contributed by atoms with Crippen LogP contribution >= 0.6 is 15.9 Å². The quantitative estimate of drug-likeness (QED) is 0.741. The van der Waals surface area contributed by atoms with Gasteiger partial charge in [0.1, 0.15) is 4.60 Å². The Kier molecular flexibility index (Phi) is 1.91. The molecule has 0 saturated heterocycles. The second-order valence-electron chi connectivity index (χ2n) is 2.29. The van der Waals surface area contributed by atoms with E-state index >= 15 is 0 Å². The van der Waals surface area contributed by atoms with Gasteiger partial charge in [-0.2, -0.15) is 0 Å². The van der Waals surface area contributed by atoms with Gasteiger partial charge >= 0.3 is 0 Å². The van der Waals surface area contributed by atoms with Gasteiger partial charge in [0.25, 0.3) is 0 Å². The fourth-order valence-electron chi connectivity index (χ4n) is 0.926. The first-order valence-corrected chi connectivity index (χ1v) is 4.26. The largest absolute Gasteiger partial charge is 0.307 e. The molecule has 2 rings (SSSR count). The van der Waals surface area contributed by atoms with E-state index in [0.29, 0.717) is 0 Å². The first-order valence-electron chi connectivity index (χ1n) is 3.47. The van der Waals surface area contributed by atoms with Crippen LogP contribution < -0.4 is 0 Å². The molecule has 0 fully saturated rings. The Morgan fingerprint density at radius 2 is 1.83 bits per heavy atom. The summed E-state index contributed by atoms with van der Waals surface area (Å²) >= 11 is 3.23. The van der Waals surface area contributed by atoms with E-state index in [-0.39, 0.29) is 0 Å². The molecule has 0 bridgehead atoms. The molecule has 0 unspecified atom stereocenters. The molecule has 0 aromatic carbocycles. The number of hydrogen-bond donors (Lipinski definition) is 0. The topological polar surface area (TPSA) is 30.7 Å². The van der Waals surface area contributed by atoms with E-state index in [1.165, 1.54) is 0 Å². The maximum absolute atomic E-state index is 4.17. The summed E-state index contributed by atoms with van der Waals surface area (Å²) in [5.74, 6) is 0.822. The van der Waals surface area contributed by atoms with Gasteiger partial charge in [-0.05, 0) is 28.1 Å². The maximum atomic E-state index is 4.17. The summed E-state index contributed by atoms with van der Waals surface area (Å²) in [5, 5.41) is 0. The minimum absolute atomic E-state index is 0.749. The zero-order valence-electron chi connectivity index (χ0n) is 6.18. The Bertz CT molecular complexity index is 352. The fourth-order valence-corrected chi connectivity index (χ4v) is 1.13. The third kappa shape index (κ3) is 1.38. The van der Waals surface area contributed by atoms with Crippen LogP contribution in [0, 0.1) is 0 Å². The first kappa shape index (κ1) is 7.49. The van der Waals surface area contributed by atoms with Crippen molar-refractivity contribution < 1.29 is 0 Å². The third-order valence-corrected chi connectivity index (χ3v) is 1.89. The molecule has 0 N–H and O–H groups in total. The average molecular weight is 224 g/mol. The predicted molar refractivity (Wildman–Crippen MR) is 49.1 cm³/mol. The van der Waals surface area contributed by atoms with Crippen molar-refractivity contribution in [2.24, 2.45) is 0 Å². The third-order valence-electron chi connectivity index (χ3n) is 1.48. The van der Waals surface area contributed by atoms with Gasteiger partial charge < -0.3 is 4.57 Å². The van der Waals surface area contributed by atoms with Crippen LogP contribution in [0.1, 0.15) is 0 Å². The van der Waals surface area contributed by atoms with Crippen molar-refractivity contribution in [2.75, 3.05) is 0 Å². The van der Waals surface area contributed by atoms with Crippen LogP contribution in [0.2, 0.25) is 0 Å². The van der Waals surface area contributed by atoms with Crippen molar-refractivity contribution in [2.45, 2.75) is 0 Å². The van der Waals surface area contributed by atoms with Gasteiger partial charge in [-0.25, -0.2) is 9.97 Å². The van der Waals surface area contributed by atoms with E-state index in [1.54, 1.807) is 12.4 Å². The molecule has 0 radical (unpaired) electrons. The minimum atomic E-state index is 0.749. The summed E-state index contributed by atoms with van der Waals surface area (Å²) in [6, 6.07) is 3.90. The molecule has 0 spiro atoms. The Morgan fingerprint density at radius 3 is 2.42 bits per heavy atom. The molecule has 0 amide bonds. The highest BCUT2D eigenvalue weighted by molar-refractivity contribution is 9.10. The van der Waals surface area contributed by atoms with Crippen LogP contribution in [0.15, 0.2) is 41.5 Å². The first-order chi connectivity index (χ1) is 5.86. The summed E-state index contributed by atoms with van der Waals surface area (Å²) in [6.07, 6.45) is 7.25. The van der Waals surface area contributed by atoms with E-state index in [1.807, 2.05) is 29.1 Å². The lowest BCUT2D eigenvalue weighted by Gasteiger charge is -1.99. The number of halogens is 1. The average Bonchev–Trinajstić information content (AvgIpc) is 2.58. The Hall–Kier alpha value is -1.16. The molecular formula is C8H6BrN3. The zero-order valence-corrected chi connectivity index (χ0v) is 7.77. The molecule has 12 heavy (non-hydrogen) atoms. The molecule has 3 nitrogen and oxygen atoms in total. The number of rotatable bonds is 1. The van der Waals surface area contributed by atoms with Gasteiger partial charge in [0.15, 0.2) is 5.82 Å². The van der Waals surface area contributed by atoms with Crippen LogP contribution in [-0.4, -0.2) is 14.5 Å². The smallest absolute Gasteiger partial charge is 0.155 e. The van der Waals surface area contributed by atoms with E-state index in [4.69, 9.17) is 0 Å². The normalized spacial score (nSPS) is 10.1. The second kappa shape index (κ2) is 3.06. The van der Waals surface area contributed by atoms with Crippen molar-refractivity contribution in [3.8, 4) is 5.82 Å². The lowest BCUT2D eigenvalue weighted by molar-refractivity contribution is 0.975. The van der Waals surface area contributed by atoms with Crippen molar-refractivity contribution in [3.05, 3.63) is 41.5 Å². The molecule has 0 aliphatic carbocycles. The summed E-state index contributed by atoms with van der Waals surface area (Å²) in [4.78, 5) is 8.24. The van der Waals surface area contributed by atoms with E-state index in [2.05, 4.69) is 25.9 Å². The number of nitrogens with zero attached hydrogens (tertiary/aromatic N) is 3. The molecule has 4 heteroatoms. The maximum Gasteiger partial charge on any atom is 0.155 e. The summed E-state index contributed by atoms with van der Waals surface area (Å²) in [7, 11) is 0. The highest BCUT2D eigenvalue weighted by atomic mass is 79.9. The Labute approximate surface area is 78.2 Å². The highest BCUT2D eigenvalue weighted by Crippen LogP contribution is 2.06. The number of hydrogen-bond acceptors (Lipinski definition) is 2. The SMILES string of the molecule is Brc1cnc(-n2cccc2)cn1. The second-order valence-corrected chi connectivity index (χ2v) is 3.10. The molecule has 0 atom stereocenters. The standard InChI is InChI=1S/C8H6BrN3/c9-7-5-11-8(6-10-7)12-3-1-2-4-12/h1-6H.